The summed E-state index contributed by atoms with van der Waals surface area (Å²) >= 11 is 0. The lowest BCUT2D eigenvalue weighted by Crippen LogP contribution is -2.26. The van der Waals surface area contributed by atoms with E-state index >= 15 is 0 Å². The number of nitrogens with zero attached hydrogens (tertiary/aromatic N) is 2. The van der Waals surface area contributed by atoms with E-state index in [1.165, 1.54) is 15.9 Å². The predicted molar refractivity (Wildman–Crippen MR) is 74.6 cm³/mol. The molecule has 2 rings (SSSR count). The van der Waals surface area contributed by atoms with Crippen molar-refractivity contribution in [1.29, 1.82) is 0 Å². The molecule has 1 saturated heterocycles. The standard InChI is InChI=1S/C14H18N2O5/c1-15(2)13(17)20-10-5-9(12-8-19-12)6-11(7-10)21-14(18)16(3)4/h5-7,12H,8H2,1-4H3/t12-/m1/s1. The van der Waals surface area contributed by atoms with Gasteiger partial charge in [-0.15, -0.1) is 0 Å². The first-order valence-electron chi connectivity index (χ1n) is 6.41. The molecule has 1 aliphatic heterocycles. The van der Waals surface area contributed by atoms with Crippen molar-refractivity contribution in [3.63, 3.8) is 0 Å². The van der Waals surface area contributed by atoms with Gasteiger partial charge in [-0.2, -0.15) is 0 Å². The smallest absolute Gasteiger partial charge is 0.410 e. The third kappa shape index (κ3) is 4.09. The van der Waals surface area contributed by atoms with Crippen molar-refractivity contribution < 1.29 is 23.8 Å². The van der Waals surface area contributed by atoms with Crippen LogP contribution >= 0.6 is 0 Å². The molecule has 1 atom stereocenters. The minimum absolute atomic E-state index is 0.0418. The van der Waals surface area contributed by atoms with Crippen molar-refractivity contribution in [3.8, 4) is 11.5 Å². The zero-order chi connectivity index (χ0) is 15.6. The first kappa shape index (κ1) is 15.1. The van der Waals surface area contributed by atoms with Gasteiger partial charge in [-0.25, -0.2) is 9.59 Å². The van der Waals surface area contributed by atoms with Crippen LogP contribution in [0.3, 0.4) is 0 Å². The number of rotatable bonds is 3. The Kier molecular flexibility index (Phi) is 4.32. The Morgan fingerprint density at radius 3 is 1.76 bits per heavy atom. The van der Waals surface area contributed by atoms with Crippen LogP contribution in [0.15, 0.2) is 18.2 Å². The lowest BCUT2D eigenvalue weighted by Gasteiger charge is -2.14. The Hall–Kier alpha value is -2.28. The van der Waals surface area contributed by atoms with Crippen molar-refractivity contribution in [2.45, 2.75) is 6.10 Å². The molecule has 0 aliphatic carbocycles. The second kappa shape index (κ2) is 6.01. The molecule has 114 valence electrons. The fraction of sp³-hybridized carbons (Fsp3) is 0.429. The third-order valence-corrected chi connectivity index (χ3v) is 2.75. The molecule has 0 unspecified atom stereocenters. The SMILES string of the molecule is CN(C)C(=O)Oc1cc(OC(=O)N(C)C)cc([C@H]2CO2)c1. The predicted octanol–water partition coefficient (Wildman–Crippen LogP) is 1.88. The van der Waals surface area contributed by atoms with Gasteiger partial charge in [0.05, 0.1) is 6.61 Å². The molecule has 7 nitrogen and oxygen atoms in total. The average Bonchev–Trinajstić information content (AvgIpc) is 3.22. The topological polar surface area (TPSA) is 71.6 Å². The van der Waals surface area contributed by atoms with E-state index in [0.717, 1.165) is 5.56 Å². The van der Waals surface area contributed by atoms with Crippen LogP contribution in [-0.2, 0) is 4.74 Å². The average molecular weight is 294 g/mol. The number of benzene rings is 1. The van der Waals surface area contributed by atoms with E-state index in [0.29, 0.717) is 18.1 Å². The van der Waals surface area contributed by atoms with Gasteiger partial charge in [0, 0.05) is 34.3 Å². The molecule has 1 aromatic rings. The third-order valence-electron chi connectivity index (χ3n) is 2.75. The second-order valence-corrected chi connectivity index (χ2v) is 5.08. The van der Waals surface area contributed by atoms with Crippen molar-refractivity contribution in [2.75, 3.05) is 34.8 Å². The minimum Gasteiger partial charge on any atom is -0.410 e. The highest BCUT2D eigenvalue weighted by Crippen LogP contribution is 2.35. The van der Waals surface area contributed by atoms with Gasteiger partial charge in [-0.05, 0) is 17.7 Å². The van der Waals surface area contributed by atoms with E-state index in [9.17, 15) is 9.59 Å². The largest absolute Gasteiger partial charge is 0.414 e. The number of epoxide rings is 1. The van der Waals surface area contributed by atoms with Gasteiger partial charge in [0.25, 0.3) is 0 Å². The van der Waals surface area contributed by atoms with E-state index in [4.69, 9.17) is 14.2 Å². The molecule has 1 aliphatic rings. The summed E-state index contributed by atoms with van der Waals surface area (Å²) in [6.45, 7) is 0.603. The van der Waals surface area contributed by atoms with E-state index in [1.807, 2.05) is 0 Å². The number of carbonyl (C=O) groups excluding carboxylic acids is 2. The fourth-order valence-corrected chi connectivity index (χ4v) is 1.52. The summed E-state index contributed by atoms with van der Waals surface area (Å²) in [5.74, 6) is 0.617. The summed E-state index contributed by atoms with van der Waals surface area (Å²) in [7, 11) is 6.35. The van der Waals surface area contributed by atoms with E-state index in [1.54, 1.807) is 40.3 Å². The molecule has 7 heteroatoms. The van der Waals surface area contributed by atoms with Crippen LogP contribution in [0.4, 0.5) is 9.59 Å². The van der Waals surface area contributed by atoms with Crippen LogP contribution in [0.5, 0.6) is 11.5 Å². The zero-order valence-electron chi connectivity index (χ0n) is 12.5. The fourth-order valence-electron chi connectivity index (χ4n) is 1.52. The van der Waals surface area contributed by atoms with Crippen LogP contribution in [0.1, 0.15) is 11.7 Å². The highest BCUT2D eigenvalue weighted by Gasteiger charge is 2.26. The monoisotopic (exact) mass is 294 g/mol. The quantitative estimate of drug-likeness (QED) is 0.796. The Balaban J connectivity index is 2.21. The maximum Gasteiger partial charge on any atom is 0.414 e. The summed E-state index contributed by atoms with van der Waals surface area (Å²) in [5, 5.41) is 0. The van der Waals surface area contributed by atoms with Gasteiger partial charge in [0.15, 0.2) is 0 Å². The second-order valence-electron chi connectivity index (χ2n) is 5.08. The number of hydrogen-bond acceptors (Lipinski definition) is 5. The highest BCUT2D eigenvalue weighted by atomic mass is 16.6. The van der Waals surface area contributed by atoms with Gasteiger partial charge in [-0.1, -0.05) is 0 Å². The summed E-state index contributed by atoms with van der Waals surface area (Å²) in [6.07, 6.45) is -1.05. The van der Waals surface area contributed by atoms with Crippen LogP contribution < -0.4 is 9.47 Å². The lowest BCUT2D eigenvalue weighted by molar-refractivity contribution is 0.170. The van der Waals surface area contributed by atoms with Crippen LogP contribution in [0.25, 0.3) is 0 Å². The molecule has 0 radical (unpaired) electrons. The molecule has 21 heavy (non-hydrogen) atoms. The molecule has 0 spiro atoms. The van der Waals surface area contributed by atoms with Crippen LogP contribution in [-0.4, -0.2) is 56.8 Å². The molecular formula is C14H18N2O5. The lowest BCUT2D eigenvalue weighted by atomic mass is 10.1. The molecule has 0 saturated carbocycles. The maximum atomic E-state index is 11.6. The van der Waals surface area contributed by atoms with E-state index in [-0.39, 0.29) is 6.10 Å². The molecule has 1 fully saturated rings. The zero-order valence-corrected chi connectivity index (χ0v) is 12.5. The van der Waals surface area contributed by atoms with Crippen LogP contribution in [0, 0.1) is 0 Å². The summed E-state index contributed by atoms with van der Waals surface area (Å²) in [6, 6.07) is 4.90. The highest BCUT2D eigenvalue weighted by molar-refractivity contribution is 5.72. The van der Waals surface area contributed by atoms with Gasteiger partial charge in [-0.3, -0.25) is 0 Å². The molecule has 2 amide bonds. The van der Waals surface area contributed by atoms with Crippen molar-refractivity contribution in [3.05, 3.63) is 23.8 Å². The summed E-state index contributed by atoms with van der Waals surface area (Å²) < 4.78 is 15.6. The number of carbonyl (C=O) groups is 2. The molecule has 0 bridgehead atoms. The maximum absolute atomic E-state index is 11.6. The van der Waals surface area contributed by atoms with Gasteiger partial charge in [0.1, 0.15) is 17.6 Å². The van der Waals surface area contributed by atoms with Crippen molar-refractivity contribution in [2.24, 2.45) is 0 Å². The molecular weight excluding hydrogens is 276 g/mol. The minimum atomic E-state index is -0.506. The molecule has 0 N–H and O–H groups in total. The van der Waals surface area contributed by atoms with E-state index in [2.05, 4.69) is 0 Å². The molecule has 1 aromatic carbocycles. The summed E-state index contributed by atoms with van der Waals surface area (Å²) in [5.41, 5.74) is 0.806. The van der Waals surface area contributed by atoms with Crippen molar-refractivity contribution >= 4 is 12.2 Å². The summed E-state index contributed by atoms with van der Waals surface area (Å²) in [4.78, 5) is 25.8. The van der Waals surface area contributed by atoms with Crippen LogP contribution in [0.2, 0.25) is 0 Å². The van der Waals surface area contributed by atoms with E-state index < -0.39 is 12.2 Å². The van der Waals surface area contributed by atoms with Crippen molar-refractivity contribution in [1.82, 2.24) is 9.80 Å². The number of ether oxygens (including phenoxy) is 3. The van der Waals surface area contributed by atoms with Gasteiger partial charge in [0.2, 0.25) is 0 Å². The first-order chi connectivity index (χ1) is 9.86. The Labute approximate surface area is 123 Å². The Bertz CT molecular complexity index is 512. The normalized spacial score (nSPS) is 16.1. The molecule has 0 aromatic heterocycles. The number of amides is 2. The number of hydrogen-bond donors (Lipinski definition) is 0. The Morgan fingerprint density at radius 2 is 1.43 bits per heavy atom. The Morgan fingerprint density at radius 1 is 1.00 bits per heavy atom. The molecule has 1 heterocycles. The van der Waals surface area contributed by atoms with Gasteiger partial charge >= 0.3 is 12.2 Å². The first-order valence-corrected chi connectivity index (χ1v) is 6.41. The van der Waals surface area contributed by atoms with Gasteiger partial charge < -0.3 is 24.0 Å².